The molecule has 0 saturated heterocycles. The van der Waals surface area contributed by atoms with E-state index in [1.807, 2.05) is 0 Å². The van der Waals surface area contributed by atoms with Crippen molar-refractivity contribution >= 4 is 21.8 Å². The van der Waals surface area contributed by atoms with Gasteiger partial charge in [0.1, 0.15) is 0 Å². The van der Waals surface area contributed by atoms with E-state index in [0.29, 0.717) is 0 Å². The van der Waals surface area contributed by atoms with Gasteiger partial charge in [-0.2, -0.15) is 0 Å². The SMILES string of the molecule is CC(C)(CCCBr)CNC(=O)C1CCc2ccccc2C1. The lowest BCUT2D eigenvalue weighted by molar-refractivity contribution is -0.125. The number of fused-ring (bicyclic) bond motifs is 1. The Morgan fingerprint density at radius 1 is 1.33 bits per heavy atom. The summed E-state index contributed by atoms with van der Waals surface area (Å²) >= 11 is 3.47. The van der Waals surface area contributed by atoms with Crippen LogP contribution >= 0.6 is 15.9 Å². The van der Waals surface area contributed by atoms with Gasteiger partial charge in [0.15, 0.2) is 0 Å². The summed E-state index contributed by atoms with van der Waals surface area (Å²) in [7, 11) is 0. The van der Waals surface area contributed by atoms with Gasteiger partial charge in [-0.1, -0.05) is 54.0 Å². The molecule has 0 aliphatic heterocycles. The third-order valence-electron chi connectivity index (χ3n) is 4.45. The van der Waals surface area contributed by atoms with E-state index in [4.69, 9.17) is 0 Å². The van der Waals surface area contributed by atoms with Crippen molar-refractivity contribution in [3.05, 3.63) is 35.4 Å². The fourth-order valence-electron chi connectivity index (χ4n) is 3.03. The van der Waals surface area contributed by atoms with E-state index in [2.05, 4.69) is 59.4 Å². The molecule has 1 aliphatic rings. The van der Waals surface area contributed by atoms with Gasteiger partial charge in [-0.25, -0.2) is 0 Å². The smallest absolute Gasteiger partial charge is 0.223 e. The largest absolute Gasteiger partial charge is 0.355 e. The van der Waals surface area contributed by atoms with Gasteiger partial charge in [0, 0.05) is 17.8 Å². The van der Waals surface area contributed by atoms with Crippen molar-refractivity contribution in [3.8, 4) is 0 Å². The van der Waals surface area contributed by atoms with Crippen molar-refractivity contribution in [2.75, 3.05) is 11.9 Å². The zero-order valence-corrected chi connectivity index (χ0v) is 14.7. The first kappa shape index (κ1) is 16.5. The molecule has 1 N–H and O–H groups in total. The summed E-state index contributed by atoms with van der Waals surface area (Å²) in [5, 5.41) is 4.21. The fraction of sp³-hybridized carbons (Fsp3) is 0.611. The topological polar surface area (TPSA) is 29.1 Å². The number of rotatable bonds is 6. The number of carbonyl (C=O) groups is 1. The van der Waals surface area contributed by atoms with Crippen LogP contribution in [-0.2, 0) is 17.6 Å². The zero-order valence-electron chi connectivity index (χ0n) is 13.1. The Labute approximate surface area is 136 Å². The molecule has 0 saturated carbocycles. The summed E-state index contributed by atoms with van der Waals surface area (Å²) in [5.41, 5.74) is 2.94. The summed E-state index contributed by atoms with van der Waals surface area (Å²) in [6, 6.07) is 8.51. The van der Waals surface area contributed by atoms with E-state index in [-0.39, 0.29) is 17.2 Å². The van der Waals surface area contributed by atoms with E-state index >= 15 is 0 Å². The fourth-order valence-corrected chi connectivity index (χ4v) is 3.31. The maximum absolute atomic E-state index is 12.4. The Bertz CT molecular complexity index is 484. The molecule has 0 spiro atoms. The van der Waals surface area contributed by atoms with Gasteiger partial charge in [0.2, 0.25) is 5.91 Å². The molecule has 21 heavy (non-hydrogen) atoms. The number of hydrogen-bond acceptors (Lipinski definition) is 1. The van der Waals surface area contributed by atoms with Crippen molar-refractivity contribution in [1.82, 2.24) is 5.32 Å². The van der Waals surface area contributed by atoms with E-state index in [9.17, 15) is 4.79 Å². The molecule has 1 unspecified atom stereocenters. The van der Waals surface area contributed by atoms with Gasteiger partial charge >= 0.3 is 0 Å². The first-order chi connectivity index (χ1) is 10.0. The molecule has 0 fully saturated rings. The Morgan fingerprint density at radius 2 is 2.05 bits per heavy atom. The van der Waals surface area contributed by atoms with Crippen LogP contribution in [0, 0.1) is 11.3 Å². The third-order valence-corrected chi connectivity index (χ3v) is 5.01. The van der Waals surface area contributed by atoms with Crippen LogP contribution < -0.4 is 5.32 Å². The highest BCUT2D eigenvalue weighted by Crippen LogP contribution is 2.26. The molecule has 1 atom stereocenters. The summed E-state index contributed by atoms with van der Waals surface area (Å²) in [6.07, 6.45) is 5.18. The van der Waals surface area contributed by atoms with Crippen LogP contribution in [0.3, 0.4) is 0 Å². The summed E-state index contributed by atoms with van der Waals surface area (Å²) in [5.74, 6) is 0.378. The Balaban J connectivity index is 1.85. The number of amides is 1. The highest BCUT2D eigenvalue weighted by Gasteiger charge is 2.26. The molecule has 1 aromatic rings. The summed E-state index contributed by atoms with van der Waals surface area (Å²) in [6.45, 7) is 5.23. The first-order valence-electron chi connectivity index (χ1n) is 7.92. The van der Waals surface area contributed by atoms with Crippen molar-refractivity contribution in [2.45, 2.75) is 46.0 Å². The molecule has 3 heteroatoms. The van der Waals surface area contributed by atoms with E-state index in [1.54, 1.807) is 0 Å². The highest BCUT2D eigenvalue weighted by molar-refractivity contribution is 9.09. The van der Waals surface area contributed by atoms with Crippen LogP contribution in [0.2, 0.25) is 0 Å². The summed E-state index contributed by atoms with van der Waals surface area (Å²) < 4.78 is 0. The molecule has 0 radical (unpaired) electrons. The second kappa shape index (κ2) is 7.44. The van der Waals surface area contributed by atoms with Gasteiger partial charge < -0.3 is 5.32 Å². The predicted octanol–water partition coefficient (Wildman–Crippen LogP) is 4.11. The number of halogens is 1. The molecule has 0 heterocycles. The monoisotopic (exact) mass is 351 g/mol. The minimum absolute atomic E-state index is 0.145. The molecule has 1 aliphatic carbocycles. The van der Waals surface area contributed by atoms with Crippen LogP contribution in [0.15, 0.2) is 24.3 Å². The van der Waals surface area contributed by atoms with Crippen LogP contribution in [0.4, 0.5) is 0 Å². The second-order valence-electron chi connectivity index (χ2n) is 6.88. The van der Waals surface area contributed by atoms with Crippen molar-refractivity contribution in [1.29, 1.82) is 0 Å². The quantitative estimate of drug-likeness (QED) is 0.767. The third kappa shape index (κ3) is 4.84. The summed E-state index contributed by atoms with van der Waals surface area (Å²) in [4.78, 5) is 12.4. The standard InChI is InChI=1S/C18H26BrNO/c1-18(2,10-5-11-19)13-20-17(21)16-9-8-14-6-3-4-7-15(14)12-16/h3-4,6-7,16H,5,8-13H2,1-2H3,(H,20,21). The second-order valence-corrected chi connectivity index (χ2v) is 7.68. The number of nitrogens with one attached hydrogen (secondary N) is 1. The molecule has 0 bridgehead atoms. The van der Waals surface area contributed by atoms with Crippen LogP contribution in [0.1, 0.15) is 44.2 Å². The number of alkyl halides is 1. The lowest BCUT2D eigenvalue weighted by Gasteiger charge is -2.28. The number of benzene rings is 1. The average Bonchev–Trinajstić information content (AvgIpc) is 2.50. The molecule has 0 aromatic heterocycles. The minimum atomic E-state index is 0.145. The van der Waals surface area contributed by atoms with Gasteiger partial charge in [-0.05, 0) is 48.6 Å². The van der Waals surface area contributed by atoms with Gasteiger partial charge in [-0.15, -0.1) is 0 Å². The van der Waals surface area contributed by atoms with Crippen molar-refractivity contribution in [3.63, 3.8) is 0 Å². The predicted molar refractivity (Wildman–Crippen MR) is 91.8 cm³/mol. The van der Waals surface area contributed by atoms with E-state index in [0.717, 1.165) is 44.0 Å². The lowest BCUT2D eigenvalue weighted by Crippen LogP contribution is -2.39. The average molecular weight is 352 g/mol. The van der Waals surface area contributed by atoms with E-state index < -0.39 is 0 Å². The molecule has 1 amide bonds. The lowest BCUT2D eigenvalue weighted by atomic mass is 9.83. The molecular formula is C18H26BrNO. The Hall–Kier alpha value is -0.830. The van der Waals surface area contributed by atoms with Gasteiger partial charge in [-0.3, -0.25) is 4.79 Å². The van der Waals surface area contributed by atoms with Crippen LogP contribution in [0.25, 0.3) is 0 Å². The molecular weight excluding hydrogens is 326 g/mol. The van der Waals surface area contributed by atoms with Crippen molar-refractivity contribution < 1.29 is 4.79 Å². The minimum Gasteiger partial charge on any atom is -0.355 e. The molecule has 2 rings (SSSR count). The highest BCUT2D eigenvalue weighted by atomic mass is 79.9. The normalized spacial score (nSPS) is 18.1. The van der Waals surface area contributed by atoms with Crippen LogP contribution in [0.5, 0.6) is 0 Å². The number of carbonyl (C=O) groups excluding carboxylic acids is 1. The van der Waals surface area contributed by atoms with Crippen LogP contribution in [-0.4, -0.2) is 17.8 Å². The molecule has 1 aromatic carbocycles. The first-order valence-corrected chi connectivity index (χ1v) is 9.04. The van der Waals surface area contributed by atoms with Gasteiger partial charge in [0.05, 0.1) is 0 Å². The van der Waals surface area contributed by atoms with E-state index in [1.165, 1.54) is 11.1 Å². The van der Waals surface area contributed by atoms with Gasteiger partial charge in [0.25, 0.3) is 0 Å². The van der Waals surface area contributed by atoms with Crippen molar-refractivity contribution in [2.24, 2.45) is 11.3 Å². The number of aryl methyl sites for hydroxylation is 1. The number of hydrogen-bond donors (Lipinski definition) is 1. The molecule has 2 nitrogen and oxygen atoms in total. The maximum atomic E-state index is 12.4. The maximum Gasteiger partial charge on any atom is 0.223 e. The Kier molecular flexibility index (Phi) is 5.86. The zero-order chi connectivity index (χ0) is 15.3. The molecule has 116 valence electrons. The Morgan fingerprint density at radius 3 is 2.76 bits per heavy atom.